The molecule has 0 aliphatic carbocycles. The molecule has 2 heterocycles. The molecule has 0 saturated heterocycles. The molecule has 168 valence electrons. The van der Waals surface area contributed by atoms with Crippen molar-refractivity contribution in [2.24, 2.45) is 0 Å². The second-order valence-electron chi connectivity index (χ2n) is 7.09. The van der Waals surface area contributed by atoms with E-state index in [-0.39, 0.29) is 24.3 Å². The number of H-pyrrole nitrogens is 1. The summed E-state index contributed by atoms with van der Waals surface area (Å²) in [4.78, 5) is 55.2. The van der Waals surface area contributed by atoms with Gasteiger partial charge in [-0.1, -0.05) is 6.07 Å². The van der Waals surface area contributed by atoms with Crippen molar-refractivity contribution in [3.05, 3.63) is 51.1 Å². The van der Waals surface area contributed by atoms with Gasteiger partial charge >= 0.3 is 11.9 Å². The monoisotopic (exact) mass is 459 g/mol. The van der Waals surface area contributed by atoms with Crippen molar-refractivity contribution in [3.63, 3.8) is 0 Å². The topological polar surface area (TPSA) is 179 Å². The number of amides is 1. The van der Waals surface area contributed by atoms with Crippen molar-refractivity contribution in [2.45, 2.75) is 25.4 Å². The van der Waals surface area contributed by atoms with Gasteiger partial charge in [-0.2, -0.15) is 0 Å². The molecule has 32 heavy (non-hydrogen) atoms. The van der Waals surface area contributed by atoms with Crippen LogP contribution in [0.25, 0.3) is 10.9 Å². The third-order valence-corrected chi connectivity index (χ3v) is 5.85. The maximum Gasteiger partial charge on any atom is 0.326 e. The zero-order valence-electron chi connectivity index (χ0n) is 17.0. The summed E-state index contributed by atoms with van der Waals surface area (Å²) in [7, 11) is 1.82. The molecule has 1 amide bonds. The van der Waals surface area contributed by atoms with Crippen molar-refractivity contribution in [3.8, 4) is 0 Å². The highest BCUT2D eigenvalue weighted by molar-refractivity contribution is 7.17. The minimum Gasteiger partial charge on any atom is -0.481 e. The molecular weight excluding hydrogens is 438 g/mol. The number of hydrogen-bond donors (Lipinski definition) is 5. The zero-order valence-corrected chi connectivity index (χ0v) is 17.8. The fourth-order valence-electron chi connectivity index (χ4n) is 3.06. The summed E-state index contributed by atoms with van der Waals surface area (Å²) in [5.74, 6) is -2.98. The lowest BCUT2D eigenvalue weighted by atomic mass is 10.1. The number of nitrogens with one attached hydrogen (secondary N) is 2. The lowest BCUT2D eigenvalue weighted by Crippen LogP contribution is -2.40. The molecule has 0 aliphatic rings. The maximum absolute atomic E-state index is 12.4. The predicted molar refractivity (Wildman–Crippen MR) is 119 cm³/mol. The quantitative estimate of drug-likeness (QED) is 0.315. The number of hydrogen-bond acceptors (Lipinski definition) is 8. The van der Waals surface area contributed by atoms with E-state index in [0.29, 0.717) is 22.3 Å². The Labute approximate surface area is 185 Å². The smallest absolute Gasteiger partial charge is 0.326 e. The number of carboxylic acid groups (broad SMARTS) is 2. The molecule has 1 unspecified atom stereocenters. The van der Waals surface area contributed by atoms with Gasteiger partial charge in [0.2, 0.25) is 5.95 Å². The Bertz CT molecular complexity index is 1240. The van der Waals surface area contributed by atoms with Gasteiger partial charge < -0.3 is 26.2 Å². The fourth-order valence-corrected chi connectivity index (χ4v) is 3.93. The number of nitrogens with zero attached hydrogens (tertiary/aromatic N) is 2. The van der Waals surface area contributed by atoms with Crippen molar-refractivity contribution >= 4 is 51.0 Å². The van der Waals surface area contributed by atoms with Crippen LogP contribution in [-0.2, 0) is 16.1 Å². The van der Waals surface area contributed by atoms with E-state index in [1.807, 2.05) is 18.0 Å². The molecule has 0 aliphatic heterocycles. The van der Waals surface area contributed by atoms with Crippen LogP contribution in [0.2, 0.25) is 0 Å². The standard InChI is InChI=1S/C20H21N5O6S/c1-25(9-10-2-3-12-11(8-10)17(28)24-20(21)23-12)15-6-5-14(32-15)18(29)22-13(19(30)31)4-7-16(26)27/h2-3,5-6,8,13H,4,7,9H2,1H3,(H,22,29)(H,26,27)(H,30,31)(H3,21,23,24,28). The number of nitrogens with two attached hydrogens (primary N) is 1. The van der Waals surface area contributed by atoms with E-state index in [0.717, 1.165) is 21.9 Å². The lowest BCUT2D eigenvalue weighted by molar-refractivity contribution is -0.140. The molecular formula is C20H21N5O6S. The third-order valence-electron chi connectivity index (χ3n) is 4.65. The summed E-state index contributed by atoms with van der Waals surface area (Å²) in [6.45, 7) is 0.442. The van der Waals surface area contributed by atoms with Crippen molar-refractivity contribution in [1.82, 2.24) is 15.3 Å². The Morgan fingerprint density at radius 3 is 2.69 bits per heavy atom. The van der Waals surface area contributed by atoms with E-state index >= 15 is 0 Å². The van der Waals surface area contributed by atoms with Crippen LogP contribution in [0.15, 0.2) is 35.1 Å². The highest BCUT2D eigenvalue weighted by atomic mass is 32.1. The fraction of sp³-hybridized carbons (Fsp3) is 0.250. The van der Waals surface area contributed by atoms with Crippen LogP contribution in [0.5, 0.6) is 0 Å². The molecule has 1 atom stereocenters. The Morgan fingerprint density at radius 1 is 1.25 bits per heavy atom. The third kappa shape index (κ3) is 5.40. The maximum atomic E-state index is 12.4. The molecule has 1 aromatic carbocycles. The summed E-state index contributed by atoms with van der Waals surface area (Å²) >= 11 is 1.16. The molecule has 0 saturated carbocycles. The molecule has 3 rings (SSSR count). The molecule has 0 spiro atoms. The van der Waals surface area contributed by atoms with E-state index < -0.39 is 23.9 Å². The number of anilines is 2. The van der Waals surface area contributed by atoms with Crippen LogP contribution in [-0.4, -0.2) is 51.1 Å². The average molecular weight is 459 g/mol. The Balaban J connectivity index is 1.70. The molecule has 11 nitrogen and oxygen atoms in total. The van der Waals surface area contributed by atoms with E-state index in [9.17, 15) is 24.3 Å². The van der Waals surface area contributed by atoms with Gasteiger partial charge in [0, 0.05) is 20.0 Å². The van der Waals surface area contributed by atoms with E-state index in [1.54, 1.807) is 24.3 Å². The summed E-state index contributed by atoms with van der Waals surface area (Å²) < 4.78 is 0. The van der Waals surface area contributed by atoms with Gasteiger partial charge in [0.1, 0.15) is 6.04 Å². The second kappa shape index (κ2) is 9.47. The predicted octanol–water partition coefficient (Wildman–Crippen LogP) is 1.25. The van der Waals surface area contributed by atoms with E-state index in [1.165, 1.54) is 0 Å². The van der Waals surface area contributed by atoms with Crippen molar-refractivity contribution in [2.75, 3.05) is 17.7 Å². The van der Waals surface area contributed by atoms with Crippen LogP contribution in [0.1, 0.15) is 28.1 Å². The largest absolute Gasteiger partial charge is 0.481 e. The molecule has 12 heteroatoms. The van der Waals surface area contributed by atoms with Gasteiger partial charge in [0.25, 0.3) is 11.5 Å². The number of nitrogen functional groups attached to an aromatic ring is 1. The first kappa shape index (κ1) is 22.7. The number of fused-ring (bicyclic) bond motifs is 1. The van der Waals surface area contributed by atoms with Crippen LogP contribution >= 0.6 is 11.3 Å². The van der Waals surface area contributed by atoms with Gasteiger partial charge in [-0.15, -0.1) is 11.3 Å². The van der Waals surface area contributed by atoms with Crippen LogP contribution in [0.3, 0.4) is 0 Å². The number of thiophene rings is 1. The molecule has 0 radical (unpaired) electrons. The van der Waals surface area contributed by atoms with Gasteiger partial charge in [-0.3, -0.25) is 19.4 Å². The molecule has 0 fully saturated rings. The number of aliphatic carboxylic acids is 2. The molecule has 6 N–H and O–H groups in total. The van der Waals surface area contributed by atoms with E-state index in [2.05, 4.69) is 15.3 Å². The molecule has 2 aromatic heterocycles. The number of rotatable bonds is 9. The minimum absolute atomic E-state index is 0.0462. The average Bonchev–Trinajstić information content (AvgIpc) is 3.21. The van der Waals surface area contributed by atoms with Gasteiger partial charge in [0.05, 0.1) is 20.8 Å². The number of carbonyl (C=O) groups excluding carboxylic acids is 1. The van der Waals surface area contributed by atoms with Crippen molar-refractivity contribution < 1.29 is 24.6 Å². The SMILES string of the molecule is CN(Cc1ccc2nc(N)[nH]c(=O)c2c1)c1ccc(C(=O)NC(CCC(=O)O)C(=O)O)s1. The first-order valence-corrected chi connectivity index (χ1v) is 10.3. The van der Waals surface area contributed by atoms with Crippen molar-refractivity contribution in [1.29, 1.82) is 0 Å². The second-order valence-corrected chi connectivity index (χ2v) is 8.16. The first-order chi connectivity index (χ1) is 15.1. The number of benzene rings is 1. The number of aromatic amines is 1. The van der Waals surface area contributed by atoms with Gasteiger partial charge in [-0.25, -0.2) is 9.78 Å². The minimum atomic E-state index is -1.30. The summed E-state index contributed by atoms with van der Waals surface area (Å²) in [5, 5.41) is 21.4. The Kier molecular flexibility index (Phi) is 6.73. The summed E-state index contributed by atoms with van der Waals surface area (Å²) in [6.07, 6.45) is -0.581. The molecule has 3 aromatic rings. The van der Waals surface area contributed by atoms with Crippen LogP contribution in [0, 0.1) is 0 Å². The van der Waals surface area contributed by atoms with Gasteiger partial charge in [-0.05, 0) is 36.2 Å². The van der Waals surface area contributed by atoms with Crippen LogP contribution < -0.4 is 21.5 Å². The first-order valence-electron chi connectivity index (χ1n) is 9.49. The zero-order chi connectivity index (χ0) is 23.4. The lowest BCUT2D eigenvalue weighted by Gasteiger charge is -2.17. The number of aromatic nitrogens is 2. The highest BCUT2D eigenvalue weighted by Gasteiger charge is 2.22. The van der Waals surface area contributed by atoms with Crippen LogP contribution in [0.4, 0.5) is 10.9 Å². The summed E-state index contributed by atoms with van der Waals surface area (Å²) in [6, 6.07) is 7.26. The number of carboxylic acids is 2. The Hall–Kier alpha value is -3.93. The highest BCUT2D eigenvalue weighted by Crippen LogP contribution is 2.27. The van der Waals surface area contributed by atoms with Gasteiger partial charge in [0.15, 0.2) is 0 Å². The normalized spacial score (nSPS) is 11.8. The molecule has 0 bridgehead atoms. The Morgan fingerprint density at radius 2 is 2.00 bits per heavy atom. The number of carbonyl (C=O) groups is 3. The van der Waals surface area contributed by atoms with E-state index in [4.69, 9.17) is 10.8 Å². The summed E-state index contributed by atoms with van der Waals surface area (Å²) in [5.41, 5.74) is 6.56.